The van der Waals surface area contributed by atoms with Crippen LogP contribution in [0.4, 0.5) is 20.3 Å². The predicted molar refractivity (Wildman–Crippen MR) is 122 cm³/mol. The third-order valence-corrected chi connectivity index (χ3v) is 5.55. The first-order valence-electron chi connectivity index (χ1n) is 10.5. The van der Waals surface area contributed by atoms with Crippen LogP contribution in [0.25, 0.3) is 0 Å². The molecule has 34 heavy (non-hydrogen) atoms. The van der Waals surface area contributed by atoms with Gasteiger partial charge in [0.05, 0.1) is 5.92 Å². The van der Waals surface area contributed by atoms with E-state index >= 15 is 0 Å². The molecule has 0 aliphatic carbocycles. The van der Waals surface area contributed by atoms with Gasteiger partial charge >= 0.3 is 0 Å². The molecule has 2 aromatic carbocycles. The number of rotatable bonds is 5. The lowest BCUT2D eigenvalue weighted by molar-refractivity contribution is -0.120. The van der Waals surface area contributed by atoms with Gasteiger partial charge < -0.3 is 15.4 Å². The molecular weight excluding hydrogens is 442 g/mol. The number of carbonyl (C=O) groups excluding carboxylic acids is 2. The highest BCUT2D eigenvalue weighted by Gasteiger charge is 2.29. The summed E-state index contributed by atoms with van der Waals surface area (Å²) >= 11 is 0. The summed E-state index contributed by atoms with van der Waals surface area (Å²) in [5.41, 5.74) is 1.35. The molecule has 7 nitrogen and oxygen atoms in total. The minimum Gasteiger partial charge on any atom is -0.454 e. The standard InChI is InChI=1S/C25H18F2N4O3/c26-15-3-1-14(2-4-15)18-12-28-13-19(23(18)32)25(33)31-16-5-6-22(20(27)11-16)34-21-8-10-30-24-17(21)7-9-29-24/h1-6,8,10-13,18H,7,9H2,(H,29,30)(H,31,33). The number of amides is 1. The third-order valence-electron chi connectivity index (χ3n) is 5.55. The zero-order valence-corrected chi connectivity index (χ0v) is 17.7. The fraction of sp³-hybridized carbons (Fsp3) is 0.120. The first kappa shape index (κ1) is 21.4. The molecule has 1 unspecified atom stereocenters. The third kappa shape index (κ3) is 4.15. The van der Waals surface area contributed by atoms with Crippen LogP contribution in [0.1, 0.15) is 17.0 Å². The number of nitrogens with zero attached hydrogens (tertiary/aromatic N) is 2. The van der Waals surface area contributed by atoms with E-state index in [0.717, 1.165) is 30.8 Å². The molecule has 9 heteroatoms. The zero-order chi connectivity index (χ0) is 23.7. The second kappa shape index (κ2) is 8.86. The van der Waals surface area contributed by atoms with Crippen molar-refractivity contribution in [3.8, 4) is 11.5 Å². The number of benzene rings is 2. The SMILES string of the molecule is O=C(Nc1ccc(Oc2ccnc3c2CCN3)c(F)c1)C1=CN=CC(c2ccc(F)cc2)C1=O. The van der Waals surface area contributed by atoms with Gasteiger partial charge in [0, 0.05) is 42.5 Å². The summed E-state index contributed by atoms with van der Waals surface area (Å²) in [6.45, 7) is 0.733. The Hall–Kier alpha value is -4.40. The first-order chi connectivity index (χ1) is 16.5. The lowest BCUT2D eigenvalue weighted by Crippen LogP contribution is -2.27. The van der Waals surface area contributed by atoms with Gasteiger partial charge in [0.2, 0.25) is 0 Å². The molecule has 0 radical (unpaired) electrons. The summed E-state index contributed by atoms with van der Waals surface area (Å²) < 4.78 is 33.7. The van der Waals surface area contributed by atoms with Crippen molar-refractivity contribution in [2.24, 2.45) is 4.99 Å². The van der Waals surface area contributed by atoms with Crippen LogP contribution in [0.3, 0.4) is 0 Å². The number of Topliss-reactive ketones (excluding diaryl/α,β-unsaturated/α-hetero) is 1. The van der Waals surface area contributed by atoms with Crippen molar-refractivity contribution in [3.05, 3.63) is 89.3 Å². The minimum atomic E-state index is -0.810. The Morgan fingerprint density at radius 2 is 1.91 bits per heavy atom. The molecule has 1 atom stereocenters. The van der Waals surface area contributed by atoms with Gasteiger partial charge in [-0.15, -0.1) is 0 Å². The van der Waals surface area contributed by atoms with Gasteiger partial charge in [-0.1, -0.05) is 12.1 Å². The summed E-state index contributed by atoms with van der Waals surface area (Å²) in [6, 6.07) is 11.1. The van der Waals surface area contributed by atoms with Crippen LogP contribution >= 0.6 is 0 Å². The summed E-state index contributed by atoms with van der Waals surface area (Å²) in [6.07, 6.45) is 4.85. The average Bonchev–Trinajstić information content (AvgIpc) is 3.31. The Morgan fingerprint density at radius 3 is 2.71 bits per heavy atom. The molecule has 0 saturated heterocycles. The molecule has 1 amide bonds. The maximum atomic E-state index is 14.7. The molecule has 0 spiro atoms. The highest BCUT2D eigenvalue weighted by atomic mass is 19.1. The van der Waals surface area contributed by atoms with E-state index in [1.165, 1.54) is 42.6 Å². The van der Waals surface area contributed by atoms with Crippen LogP contribution < -0.4 is 15.4 Å². The molecule has 3 heterocycles. The van der Waals surface area contributed by atoms with E-state index in [1.54, 1.807) is 12.3 Å². The zero-order valence-electron chi connectivity index (χ0n) is 17.7. The van der Waals surface area contributed by atoms with Crippen molar-refractivity contribution >= 4 is 29.4 Å². The molecule has 170 valence electrons. The molecule has 1 aromatic heterocycles. The van der Waals surface area contributed by atoms with Crippen LogP contribution in [0.15, 0.2) is 71.5 Å². The fourth-order valence-corrected chi connectivity index (χ4v) is 3.83. The lowest BCUT2D eigenvalue weighted by atomic mass is 9.90. The number of ketones is 1. The average molecular weight is 460 g/mol. The number of nitrogens with one attached hydrogen (secondary N) is 2. The number of aliphatic imine (C=N–C) groups is 1. The smallest absolute Gasteiger partial charge is 0.260 e. The molecule has 0 fully saturated rings. The van der Waals surface area contributed by atoms with Crippen molar-refractivity contribution < 1.29 is 23.1 Å². The van der Waals surface area contributed by atoms with Gasteiger partial charge in [-0.3, -0.25) is 14.6 Å². The van der Waals surface area contributed by atoms with E-state index in [-0.39, 0.29) is 17.0 Å². The van der Waals surface area contributed by atoms with Crippen molar-refractivity contribution in [1.82, 2.24) is 4.98 Å². The van der Waals surface area contributed by atoms with Crippen molar-refractivity contribution in [2.75, 3.05) is 17.2 Å². The second-order valence-corrected chi connectivity index (χ2v) is 7.75. The van der Waals surface area contributed by atoms with Gasteiger partial charge in [-0.25, -0.2) is 13.8 Å². The summed E-state index contributed by atoms with van der Waals surface area (Å²) in [4.78, 5) is 33.8. The van der Waals surface area contributed by atoms with E-state index in [9.17, 15) is 18.4 Å². The highest BCUT2D eigenvalue weighted by Crippen LogP contribution is 2.34. The van der Waals surface area contributed by atoms with E-state index in [2.05, 4.69) is 20.6 Å². The molecule has 2 aliphatic rings. The van der Waals surface area contributed by atoms with Crippen LogP contribution in [0.5, 0.6) is 11.5 Å². The van der Waals surface area contributed by atoms with Crippen molar-refractivity contribution in [1.29, 1.82) is 0 Å². The van der Waals surface area contributed by atoms with E-state index in [1.807, 2.05) is 0 Å². The predicted octanol–water partition coefficient (Wildman–Crippen LogP) is 4.38. The largest absolute Gasteiger partial charge is 0.454 e. The Balaban J connectivity index is 1.29. The molecule has 2 aliphatic heterocycles. The summed E-state index contributed by atoms with van der Waals surface area (Å²) in [5.74, 6) is -1.91. The highest BCUT2D eigenvalue weighted by molar-refractivity contribution is 6.29. The topological polar surface area (TPSA) is 92.7 Å². The number of pyridine rings is 1. The van der Waals surface area contributed by atoms with Gasteiger partial charge in [0.15, 0.2) is 17.3 Å². The Kier molecular flexibility index (Phi) is 5.59. The van der Waals surface area contributed by atoms with Gasteiger partial charge in [-0.2, -0.15) is 0 Å². The van der Waals surface area contributed by atoms with Crippen LogP contribution in [0.2, 0.25) is 0 Å². The summed E-state index contributed by atoms with van der Waals surface area (Å²) in [5, 5.41) is 5.65. The van der Waals surface area contributed by atoms with E-state index < -0.39 is 29.2 Å². The molecule has 3 aromatic rings. The van der Waals surface area contributed by atoms with Crippen LogP contribution in [-0.2, 0) is 16.0 Å². The van der Waals surface area contributed by atoms with Crippen molar-refractivity contribution in [3.63, 3.8) is 0 Å². The van der Waals surface area contributed by atoms with E-state index in [0.29, 0.717) is 17.1 Å². The summed E-state index contributed by atoms with van der Waals surface area (Å²) in [7, 11) is 0. The Morgan fingerprint density at radius 1 is 1.09 bits per heavy atom. The van der Waals surface area contributed by atoms with Gasteiger partial charge in [0.25, 0.3) is 5.91 Å². The maximum absolute atomic E-state index is 14.7. The molecule has 5 rings (SSSR count). The molecule has 0 saturated carbocycles. The minimum absolute atomic E-state index is 0.00719. The number of anilines is 2. The quantitative estimate of drug-likeness (QED) is 0.552. The molecule has 0 bridgehead atoms. The Labute approximate surface area is 193 Å². The fourth-order valence-electron chi connectivity index (χ4n) is 3.83. The Bertz CT molecular complexity index is 1350. The number of ether oxygens (including phenoxy) is 1. The van der Waals surface area contributed by atoms with Crippen LogP contribution in [0, 0.1) is 11.6 Å². The van der Waals surface area contributed by atoms with E-state index in [4.69, 9.17) is 4.74 Å². The molecule has 2 N–H and O–H groups in total. The lowest BCUT2D eigenvalue weighted by Gasteiger charge is -2.17. The number of carbonyl (C=O) groups is 2. The second-order valence-electron chi connectivity index (χ2n) is 7.75. The molecular formula is C25H18F2N4O3. The number of fused-ring (bicyclic) bond motifs is 1. The van der Waals surface area contributed by atoms with Gasteiger partial charge in [0.1, 0.15) is 23.0 Å². The van der Waals surface area contributed by atoms with Gasteiger partial charge in [-0.05, 0) is 42.3 Å². The number of halogens is 2. The monoisotopic (exact) mass is 460 g/mol. The van der Waals surface area contributed by atoms with Crippen LogP contribution in [-0.4, -0.2) is 29.4 Å². The normalized spacial score (nSPS) is 16.5. The number of hydrogen-bond acceptors (Lipinski definition) is 6. The van der Waals surface area contributed by atoms with Crippen molar-refractivity contribution in [2.45, 2.75) is 12.3 Å². The number of hydrogen-bond donors (Lipinski definition) is 2. The number of aromatic nitrogens is 1. The first-order valence-corrected chi connectivity index (χ1v) is 10.5. The maximum Gasteiger partial charge on any atom is 0.260 e.